The minimum atomic E-state index is -0.454. The van der Waals surface area contributed by atoms with Crippen molar-refractivity contribution in [1.82, 2.24) is 5.32 Å². The van der Waals surface area contributed by atoms with E-state index in [9.17, 15) is 4.79 Å². The maximum atomic E-state index is 12.2. The number of anilines is 1. The summed E-state index contributed by atoms with van der Waals surface area (Å²) in [5.41, 5.74) is 1.18. The van der Waals surface area contributed by atoms with Crippen molar-refractivity contribution in [3.63, 3.8) is 0 Å². The molecule has 0 atom stereocenters. The minimum absolute atomic E-state index is 0.0652. The molecule has 3 rings (SSSR count). The molecule has 2 aromatic carbocycles. The van der Waals surface area contributed by atoms with Crippen LogP contribution in [0.5, 0.6) is 11.5 Å². The number of hydrogen-bond donors (Lipinski definition) is 2. The summed E-state index contributed by atoms with van der Waals surface area (Å²) in [6.45, 7) is 0. The summed E-state index contributed by atoms with van der Waals surface area (Å²) < 4.78 is 16.2. The van der Waals surface area contributed by atoms with Gasteiger partial charge in [0, 0.05) is 28.8 Å². The van der Waals surface area contributed by atoms with Gasteiger partial charge in [0.25, 0.3) is 0 Å². The van der Waals surface area contributed by atoms with Crippen molar-refractivity contribution in [2.75, 3.05) is 19.5 Å². The molecule has 0 unspecified atom stereocenters. The molecule has 1 heterocycles. The summed E-state index contributed by atoms with van der Waals surface area (Å²) >= 11 is 23.4. The standard InChI is InChI=1S/C22H17Cl3N2O4S/c1-29-19-11-17(20(30-2)10-16(19)25)26-22(32)27-21(28)8-5-13-4-7-18(31-13)14-6-3-12(23)9-15(14)24/h3-11H,1-2H3,(H2,26,27,28,32)/b8-5+. The Morgan fingerprint density at radius 3 is 2.44 bits per heavy atom. The van der Waals surface area contributed by atoms with E-state index in [1.165, 1.54) is 26.4 Å². The highest BCUT2D eigenvalue weighted by atomic mass is 35.5. The Morgan fingerprint density at radius 1 is 1.00 bits per heavy atom. The smallest absolute Gasteiger partial charge is 0.250 e. The number of halogens is 3. The van der Waals surface area contributed by atoms with E-state index in [2.05, 4.69) is 10.6 Å². The zero-order chi connectivity index (χ0) is 23.3. The van der Waals surface area contributed by atoms with Crippen LogP contribution < -0.4 is 20.1 Å². The maximum Gasteiger partial charge on any atom is 0.250 e. The third-order valence-corrected chi connectivity index (χ3v) is 5.23. The molecular weight excluding hydrogens is 495 g/mol. The zero-order valence-corrected chi connectivity index (χ0v) is 20.0. The van der Waals surface area contributed by atoms with Crippen LogP contribution in [0.4, 0.5) is 5.69 Å². The average molecular weight is 512 g/mol. The predicted octanol–water partition coefficient (Wildman–Crippen LogP) is 6.45. The van der Waals surface area contributed by atoms with Crippen molar-refractivity contribution in [2.45, 2.75) is 0 Å². The first-order valence-corrected chi connectivity index (χ1v) is 10.6. The minimum Gasteiger partial charge on any atom is -0.495 e. The van der Waals surface area contributed by atoms with E-state index in [0.29, 0.717) is 49.3 Å². The van der Waals surface area contributed by atoms with Crippen LogP contribution in [0.1, 0.15) is 5.76 Å². The molecule has 3 aromatic rings. The number of methoxy groups -OCH3 is 2. The Balaban J connectivity index is 1.64. The van der Waals surface area contributed by atoms with E-state index in [1.807, 2.05) is 0 Å². The Bertz CT molecular complexity index is 1190. The Kier molecular flexibility index (Phi) is 8.04. The molecule has 0 aliphatic heterocycles. The summed E-state index contributed by atoms with van der Waals surface area (Å²) in [6.07, 6.45) is 2.80. The van der Waals surface area contributed by atoms with Crippen LogP contribution in [0, 0.1) is 0 Å². The van der Waals surface area contributed by atoms with E-state index in [0.717, 1.165) is 0 Å². The molecule has 6 nitrogen and oxygen atoms in total. The lowest BCUT2D eigenvalue weighted by molar-refractivity contribution is -0.115. The zero-order valence-electron chi connectivity index (χ0n) is 16.9. The fraction of sp³-hybridized carbons (Fsp3) is 0.0909. The van der Waals surface area contributed by atoms with Gasteiger partial charge >= 0.3 is 0 Å². The number of nitrogens with one attached hydrogen (secondary N) is 2. The van der Waals surface area contributed by atoms with Gasteiger partial charge in [0.05, 0.1) is 30.0 Å². The third kappa shape index (κ3) is 5.95. The van der Waals surface area contributed by atoms with Gasteiger partial charge in [-0.2, -0.15) is 0 Å². The van der Waals surface area contributed by atoms with Gasteiger partial charge < -0.3 is 19.2 Å². The molecule has 166 valence electrons. The lowest BCUT2D eigenvalue weighted by Gasteiger charge is -2.14. The molecule has 0 radical (unpaired) electrons. The third-order valence-electron chi connectivity index (χ3n) is 4.18. The highest BCUT2D eigenvalue weighted by Gasteiger charge is 2.12. The van der Waals surface area contributed by atoms with Crippen LogP contribution in [0.25, 0.3) is 17.4 Å². The number of carbonyl (C=O) groups excluding carboxylic acids is 1. The van der Waals surface area contributed by atoms with Crippen LogP contribution in [-0.2, 0) is 4.79 Å². The number of hydrogen-bond acceptors (Lipinski definition) is 5. The van der Waals surface area contributed by atoms with Gasteiger partial charge in [-0.25, -0.2) is 0 Å². The number of rotatable bonds is 6. The van der Waals surface area contributed by atoms with Crippen LogP contribution in [0.15, 0.2) is 53.0 Å². The number of carbonyl (C=O) groups is 1. The van der Waals surface area contributed by atoms with E-state index in [4.69, 9.17) is 60.9 Å². The first kappa shape index (κ1) is 23.9. The number of thiocarbonyl (C=S) groups is 1. The molecule has 0 fully saturated rings. The molecule has 0 bridgehead atoms. The van der Waals surface area contributed by atoms with Crippen molar-refractivity contribution in [3.8, 4) is 22.8 Å². The van der Waals surface area contributed by atoms with Gasteiger partial charge in [-0.3, -0.25) is 10.1 Å². The monoisotopic (exact) mass is 510 g/mol. The molecular formula is C22H17Cl3N2O4S. The summed E-state index contributed by atoms with van der Waals surface area (Å²) in [7, 11) is 2.98. The van der Waals surface area contributed by atoms with Crippen molar-refractivity contribution in [2.24, 2.45) is 0 Å². The van der Waals surface area contributed by atoms with Crippen molar-refractivity contribution < 1.29 is 18.7 Å². The van der Waals surface area contributed by atoms with Gasteiger partial charge in [0.1, 0.15) is 23.0 Å². The van der Waals surface area contributed by atoms with Crippen LogP contribution in [0.2, 0.25) is 15.1 Å². The predicted molar refractivity (Wildman–Crippen MR) is 132 cm³/mol. The highest BCUT2D eigenvalue weighted by Crippen LogP contribution is 2.36. The van der Waals surface area contributed by atoms with Crippen LogP contribution >= 0.6 is 47.0 Å². The molecule has 0 spiro atoms. The molecule has 2 N–H and O–H groups in total. The van der Waals surface area contributed by atoms with Crippen molar-refractivity contribution >= 4 is 69.8 Å². The lowest BCUT2D eigenvalue weighted by atomic mass is 10.2. The largest absolute Gasteiger partial charge is 0.495 e. The Labute approximate surface area is 205 Å². The van der Waals surface area contributed by atoms with Gasteiger partial charge in [0.2, 0.25) is 5.91 Å². The topological polar surface area (TPSA) is 72.7 Å². The molecule has 10 heteroatoms. The van der Waals surface area contributed by atoms with E-state index >= 15 is 0 Å². The number of ether oxygens (including phenoxy) is 2. The van der Waals surface area contributed by atoms with Gasteiger partial charge in [-0.1, -0.05) is 34.8 Å². The highest BCUT2D eigenvalue weighted by molar-refractivity contribution is 7.80. The molecule has 0 aliphatic carbocycles. The Morgan fingerprint density at radius 2 is 1.75 bits per heavy atom. The molecule has 0 aliphatic rings. The number of furan rings is 1. The number of amides is 1. The summed E-state index contributed by atoms with van der Waals surface area (Å²) in [4.78, 5) is 12.2. The van der Waals surface area contributed by atoms with Crippen LogP contribution in [0.3, 0.4) is 0 Å². The molecule has 32 heavy (non-hydrogen) atoms. The number of benzene rings is 2. The van der Waals surface area contributed by atoms with Gasteiger partial charge in [-0.05, 0) is 48.6 Å². The average Bonchev–Trinajstić information content (AvgIpc) is 3.21. The van der Waals surface area contributed by atoms with E-state index in [-0.39, 0.29) is 5.11 Å². The van der Waals surface area contributed by atoms with Crippen LogP contribution in [-0.4, -0.2) is 25.2 Å². The SMILES string of the molecule is COc1cc(NC(=S)NC(=O)/C=C/c2ccc(-c3ccc(Cl)cc3Cl)o2)c(OC)cc1Cl. The lowest BCUT2D eigenvalue weighted by Crippen LogP contribution is -2.32. The molecule has 0 saturated heterocycles. The van der Waals surface area contributed by atoms with Gasteiger partial charge in [0.15, 0.2) is 5.11 Å². The maximum absolute atomic E-state index is 12.2. The second kappa shape index (κ2) is 10.7. The van der Waals surface area contributed by atoms with Crippen molar-refractivity contribution in [3.05, 3.63) is 69.4 Å². The second-order valence-electron chi connectivity index (χ2n) is 6.29. The second-order valence-corrected chi connectivity index (χ2v) is 7.95. The normalized spacial score (nSPS) is 10.8. The molecule has 1 amide bonds. The first-order chi connectivity index (χ1) is 15.3. The van der Waals surface area contributed by atoms with E-state index < -0.39 is 5.91 Å². The van der Waals surface area contributed by atoms with Gasteiger partial charge in [-0.15, -0.1) is 0 Å². The summed E-state index contributed by atoms with van der Waals surface area (Å²) in [6, 6.07) is 11.8. The van der Waals surface area contributed by atoms with E-state index in [1.54, 1.807) is 42.5 Å². The summed E-state index contributed by atoms with van der Waals surface area (Å²) in [5.74, 6) is 1.42. The Hall–Kier alpha value is -2.71. The van der Waals surface area contributed by atoms with Crippen molar-refractivity contribution in [1.29, 1.82) is 0 Å². The summed E-state index contributed by atoms with van der Waals surface area (Å²) in [5, 5.41) is 6.86. The first-order valence-electron chi connectivity index (χ1n) is 9.07. The molecule has 0 saturated carbocycles. The molecule has 1 aromatic heterocycles. The quantitative estimate of drug-likeness (QED) is 0.293. The fourth-order valence-corrected chi connectivity index (χ4v) is 3.64. The fourth-order valence-electron chi connectivity index (χ4n) is 2.70.